The molecule has 5 nitrogen and oxygen atoms in total. The molecule has 0 spiro atoms. The summed E-state index contributed by atoms with van der Waals surface area (Å²) < 4.78 is 25.5. The fraction of sp³-hybridized carbons (Fsp3) is 0.364. The highest BCUT2D eigenvalue weighted by atomic mass is 19.3. The first-order valence-corrected chi connectivity index (χ1v) is 9.95. The number of carbonyl (C=O) groups excluding carboxylic acids is 1. The molecule has 4 rings (SSSR count). The average Bonchev–Trinajstić information content (AvgIpc) is 3.17. The lowest BCUT2D eigenvalue weighted by atomic mass is 10.1. The number of hydrogen-bond donors (Lipinski definition) is 2. The standard InChI is InChI=1S/C22H24F2N4O/c23-20(24)21-26-18-9-8-17(12-19(18)27-21)22(29)25-13-15-4-6-16(7-5-15)14-28-10-2-1-3-11-28/h4-9,12,20H,1-3,10-11,13-14H2,(H,25,29)(H,26,27). The maximum absolute atomic E-state index is 12.8. The van der Waals surface area contributed by atoms with Crippen molar-refractivity contribution < 1.29 is 13.6 Å². The Hall–Kier alpha value is -2.80. The van der Waals surface area contributed by atoms with Gasteiger partial charge in [0.05, 0.1) is 11.0 Å². The zero-order valence-electron chi connectivity index (χ0n) is 16.1. The molecule has 0 unspecified atom stereocenters. The van der Waals surface area contributed by atoms with Crippen LogP contribution in [0.4, 0.5) is 8.78 Å². The van der Waals surface area contributed by atoms with Crippen LogP contribution in [0, 0.1) is 0 Å². The normalized spacial score (nSPS) is 15.1. The van der Waals surface area contributed by atoms with Crippen LogP contribution in [0.15, 0.2) is 42.5 Å². The van der Waals surface area contributed by atoms with E-state index in [2.05, 4.69) is 32.3 Å². The van der Waals surface area contributed by atoms with Gasteiger partial charge in [-0.2, -0.15) is 0 Å². The number of rotatable bonds is 6. The lowest BCUT2D eigenvalue weighted by Crippen LogP contribution is -2.29. The number of nitrogens with zero attached hydrogens (tertiary/aromatic N) is 2. The molecule has 2 N–H and O–H groups in total. The molecule has 0 saturated carbocycles. The lowest BCUT2D eigenvalue weighted by Gasteiger charge is -2.26. The predicted molar refractivity (Wildman–Crippen MR) is 108 cm³/mol. The fourth-order valence-electron chi connectivity index (χ4n) is 3.70. The summed E-state index contributed by atoms with van der Waals surface area (Å²) in [4.78, 5) is 21.3. The SMILES string of the molecule is O=C(NCc1ccc(CN2CCCCC2)cc1)c1ccc2nc(C(F)F)[nH]c2c1. The first-order valence-electron chi connectivity index (χ1n) is 9.95. The smallest absolute Gasteiger partial charge is 0.295 e. The number of halogens is 2. The third kappa shape index (κ3) is 4.79. The van der Waals surface area contributed by atoms with E-state index in [1.807, 2.05) is 12.1 Å². The Morgan fingerprint density at radius 1 is 1.07 bits per heavy atom. The van der Waals surface area contributed by atoms with Gasteiger partial charge in [-0.15, -0.1) is 0 Å². The van der Waals surface area contributed by atoms with Crippen molar-refractivity contribution in [1.82, 2.24) is 20.2 Å². The van der Waals surface area contributed by atoms with Gasteiger partial charge < -0.3 is 10.3 Å². The van der Waals surface area contributed by atoms with Crippen LogP contribution in [-0.4, -0.2) is 33.9 Å². The average molecular weight is 398 g/mol. The molecule has 2 aromatic carbocycles. The van der Waals surface area contributed by atoms with Crippen LogP contribution in [0.1, 0.15) is 53.0 Å². The van der Waals surface area contributed by atoms with Crippen molar-refractivity contribution in [3.05, 3.63) is 65.0 Å². The number of nitrogens with one attached hydrogen (secondary N) is 2. The van der Waals surface area contributed by atoms with E-state index >= 15 is 0 Å². The van der Waals surface area contributed by atoms with Crippen LogP contribution in [0.3, 0.4) is 0 Å². The number of alkyl halides is 2. The van der Waals surface area contributed by atoms with Crippen molar-refractivity contribution in [2.75, 3.05) is 13.1 Å². The van der Waals surface area contributed by atoms with Crippen molar-refractivity contribution in [2.45, 2.75) is 38.8 Å². The zero-order valence-corrected chi connectivity index (χ0v) is 16.1. The molecular weight excluding hydrogens is 374 g/mol. The van der Waals surface area contributed by atoms with Crippen molar-refractivity contribution in [3.8, 4) is 0 Å². The molecule has 0 bridgehead atoms. The van der Waals surface area contributed by atoms with E-state index in [0.29, 0.717) is 23.1 Å². The topological polar surface area (TPSA) is 61.0 Å². The molecule has 1 saturated heterocycles. The van der Waals surface area contributed by atoms with Gasteiger partial charge in [0.25, 0.3) is 12.3 Å². The summed E-state index contributed by atoms with van der Waals surface area (Å²) in [5, 5.41) is 2.88. The zero-order chi connectivity index (χ0) is 20.2. The number of H-pyrrole nitrogens is 1. The number of benzene rings is 2. The first kappa shape index (κ1) is 19.5. The minimum Gasteiger partial charge on any atom is -0.348 e. The van der Waals surface area contributed by atoms with Gasteiger partial charge in [0.2, 0.25) is 0 Å². The minimum absolute atomic E-state index is 0.252. The van der Waals surface area contributed by atoms with Gasteiger partial charge in [0.1, 0.15) is 0 Å². The van der Waals surface area contributed by atoms with Gasteiger partial charge in [-0.25, -0.2) is 13.8 Å². The number of amides is 1. The quantitative estimate of drug-likeness (QED) is 0.646. The van der Waals surface area contributed by atoms with Crippen molar-refractivity contribution in [1.29, 1.82) is 0 Å². The molecule has 1 aliphatic rings. The number of carbonyl (C=O) groups is 1. The summed E-state index contributed by atoms with van der Waals surface area (Å²) in [6.45, 7) is 3.71. The van der Waals surface area contributed by atoms with Gasteiger partial charge in [-0.3, -0.25) is 9.69 Å². The van der Waals surface area contributed by atoms with Crippen molar-refractivity contribution >= 4 is 16.9 Å². The lowest BCUT2D eigenvalue weighted by molar-refractivity contribution is 0.0951. The van der Waals surface area contributed by atoms with Gasteiger partial charge >= 0.3 is 0 Å². The molecule has 1 aliphatic heterocycles. The second-order valence-corrected chi connectivity index (χ2v) is 7.49. The summed E-state index contributed by atoms with van der Waals surface area (Å²) in [5.41, 5.74) is 3.55. The van der Waals surface area contributed by atoms with Gasteiger partial charge in [-0.1, -0.05) is 30.7 Å². The Labute approximate surface area is 168 Å². The molecular formula is C22H24F2N4O. The first-order chi connectivity index (χ1) is 14.1. The molecule has 1 fully saturated rings. The Kier molecular flexibility index (Phi) is 5.85. The Morgan fingerprint density at radius 3 is 2.52 bits per heavy atom. The van der Waals surface area contributed by atoms with Crippen LogP contribution in [-0.2, 0) is 13.1 Å². The number of aromatic nitrogens is 2. The van der Waals surface area contributed by atoms with E-state index < -0.39 is 6.43 Å². The van der Waals surface area contributed by atoms with Crippen molar-refractivity contribution in [3.63, 3.8) is 0 Å². The van der Waals surface area contributed by atoms with Gasteiger partial charge in [-0.05, 0) is 55.3 Å². The number of fused-ring (bicyclic) bond motifs is 1. The highest BCUT2D eigenvalue weighted by Crippen LogP contribution is 2.20. The van der Waals surface area contributed by atoms with Crippen LogP contribution in [0.2, 0.25) is 0 Å². The number of aromatic amines is 1. The predicted octanol–water partition coefficient (Wildman–Crippen LogP) is 4.42. The molecule has 2 heterocycles. The Balaban J connectivity index is 1.34. The monoisotopic (exact) mass is 398 g/mol. The van der Waals surface area contributed by atoms with E-state index in [4.69, 9.17) is 0 Å². The number of hydrogen-bond acceptors (Lipinski definition) is 3. The summed E-state index contributed by atoms with van der Waals surface area (Å²) in [5.74, 6) is -0.639. The van der Waals surface area contributed by atoms with Crippen LogP contribution >= 0.6 is 0 Å². The van der Waals surface area contributed by atoms with Crippen LogP contribution < -0.4 is 5.32 Å². The Bertz CT molecular complexity index is 978. The summed E-state index contributed by atoms with van der Waals surface area (Å²) in [6.07, 6.45) is 1.21. The third-order valence-corrected chi connectivity index (χ3v) is 5.30. The third-order valence-electron chi connectivity index (χ3n) is 5.30. The summed E-state index contributed by atoms with van der Waals surface area (Å²) in [6, 6.07) is 13.0. The van der Waals surface area contributed by atoms with E-state index in [0.717, 1.165) is 25.2 Å². The number of likely N-dealkylation sites (tertiary alicyclic amines) is 1. The molecule has 152 valence electrons. The second kappa shape index (κ2) is 8.69. The molecule has 0 radical (unpaired) electrons. The molecule has 1 aromatic heterocycles. The fourth-order valence-corrected chi connectivity index (χ4v) is 3.70. The molecule has 0 atom stereocenters. The molecule has 0 aliphatic carbocycles. The minimum atomic E-state index is -2.67. The summed E-state index contributed by atoms with van der Waals surface area (Å²) in [7, 11) is 0. The van der Waals surface area contributed by atoms with Gasteiger partial charge in [0.15, 0.2) is 5.82 Å². The van der Waals surface area contributed by atoms with Crippen molar-refractivity contribution in [2.24, 2.45) is 0 Å². The molecule has 3 aromatic rings. The summed E-state index contributed by atoms with van der Waals surface area (Å²) >= 11 is 0. The second-order valence-electron chi connectivity index (χ2n) is 7.49. The largest absolute Gasteiger partial charge is 0.348 e. The number of imidazole rings is 1. The van der Waals surface area contributed by atoms with Gasteiger partial charge in [0, 0.05) is 18.7 Å². The molecule has 7 heteroatoms. The van der Waals surface area contributed by atoms with Crippen LogP contribution in [0.5, 0.6) is 0 Å². The maximum Gasteiger partial charge on any atom is 0.295 e. The maximum atomic E-state index is 12.8. The highest BCUT2D eigenvalue weighted by Gasteiger charge is 2.14. The van der Waals surface area contributed by atoms with E-state index in [9.17, 15) is 13.6 Å². The molecule has 1 amide bonds. The van der Waals surface area contributed by atoms with Crippen LogP contribution in [0.25, 0.3) is 11.0 Å². The number of piperidine rings is 1. The van der Waals surface area contributed by atoms with E-state index in [1.165, 1.54) is 24.8 Å². The van der Waals surface area contributed by atoms with E-state index in [-0.39, 0.29) is 11.7 Å². The van der Waals surface area contributed by atoms with E-state index in [1.54, 1.807) is 18.2 Å². The highest BCUT2D eigenvalue weighted by molar-refractivity contribution is 5.97. The Morgan fingerprint density at radius 2 is 1.79 bits per heavy atom. The molecule has 29 heavy (non-hydrogen) atoms.